The number of carbonyl (C=O) groups excluding carboxylic acids is 1. The number of rotatable bonds is 3. The zero-order valence-electron chi connectivity index (χ0n) is 7.38. The van der Waals surface area contributed by atoms with Gasteiger partial charge in [-0.1, -0.05) is 0 Å². The first-order valence-electron chi connectivity index (χ1n) is 4.27. The van der Waals surface area contributed by atoms with Crippen LogP contribution in [-0.2, 0) is 4.79 Å². The second-order valence-corrected chi connectivity index (χ2v) is 4.01. The van der Waals surface area contributed by atoms with Crippen molar-refractivity contribution in [1.82, 2.24) is 10.6 Å². The highest BCUT2D eigenvalue weighted by Crippen LogP contribution is 2.09. The summed E-state index contributed by atoms with van der Waals surface area (Å²) in [6, 6.07) is 2.15. The number of nitriles is 1. The molecule has 1 saturated heterocycles. The molecule has 1 heterocycles. The summed E-state index contributed by atoms with van der Waals surface area (Å²) in [5.74, 6) is 2.07. The summed E-state index contributed by atoms with van der Waals surface area (Å²) in [6.07, 6.45) is 0.481. The maximum Gasteiger partial charge on any atom is 0.222 e. The van der Waals surface area contributed by atoms with Crippen molar-refractivity contribution in [3.63, 3.8) is 0 Å². The number of hydrogen-bond donors (Lipinski definition) is 2. The van der Waals surface area contributed by atoms with E-state index in [0.717, 1.165) is 18.1 Å². The highest BCUT2D eigenvalue weighted by molar-refractivity contribution is 7.99. The number of amides is 1. The standard InChI is InChI=1S/C8H13N3OS/c9-1-2-11-8(12)5-7-6-13-4-3-10-7/h7,10H,2-6H2,(H,11,12). The van der Waals surface area contributed by atoms with Gasteiger partial charge in [-0.2, -0.15) is 17.0 Å². The van der Waals surface area contributed by atoms with Gasteiger partial charge < -0.3 is 10.6 Å². The van der Waals surface area contributed by atoms with E-state index >= 15 is 0 Å². The Morgan fingerprint density at radius 1 is 1.77 bits per heavy atom. The third kappa shape index (κ3) is 4.15. The molecule has 1 aliphatic heterocycles. The van der Waals surface area contributed by atoms with Gasteiger partial charge in [0.15, 0.2) is 0 Å². The van der Waals surface area contributed by atoms with Crippen molar-refractivity contribution in [2.45, 2.75) is 12.5 Å². The van der Waals surface area contributed by atoms with E-state index < -0.39 is 0 Å². The van der Waals surface area contributed by atoms with Gasteiger partial charge in [0.05, 0.1) is 6.07 Å². The summed E-state index contributed by atoms with van der Waals surface area (Å²) in [5.41, 5.74) is 0. The monoisotopic (exact) mass is 199 g/mol. The normalized spacial score (nSPS) is 21.9. The molecule has 0 aromatic heterocycles. The third-order valence-electron chi connectivity index (χ3n) is 1.79. The molecule has 13 heavy (non-hydrogen) atoms. The van der Waals surface area contributed by atoms with Crippen LogP contribution in [-0.4, -0.2) is 36.5 Å². The first-order valence-corrected chi connectivity index (χ1v) is 5.43. The molecule has 5 heteroatoms. The van der Waals surface area contributed by atoms with Crippen LogP contribution in [0.3, 0.4) is 0 Å². The van der Waals surface area contributed by atoms with Crippen LogP contribution in [0.4, 0.5) is 0 Å². The smallest absolute Gasteiger partial charge is 0.222 e. The maximum absolute atomic E-state index is 11.2. The molecule has 1 fully saturated rings. The lowest BCUT2D eigenvalue weighted by atomic mass is 10.2. The van der Waals surface area contributed by atoms with Crippen molar-refractivity contribution in [3.8, 4) is 6.07 Å². The van der Waals surface area contributed by atoms with E-state index in [0.29, 0.717) is 6.42 Å². The van der Waals surface area contributed by atoms with Gasteiger partial charge in [0.1, 0.15) is 6.54 Å². The van der Waals surface area contributed by atoms with Gasteiger partial charge in [-0.05, 0) is 0 Å². The number of hydrogen-bond acceptors (Lipinski definition) is 4. The van der Waals surface area contributed by atoms with Gasteiger partial charge >= 0.3 is 0 Å². The Hall–Kier alpha value is -0.730. The van der Waals surface area contributed by atoms with Crippen LogP contribution in [0.5, 0.6) is 0 Å². The number of nitrogens with zero attached hydrogens (tertiary/aromatic N) is 1. The lowest BCUT2D eigenvalue weighted by molar-refractivity contribution is -0.121. The van der Waals surface area contributed by atoms with E-state index in [2.05, 4.69) is 10.6 Å². The van der Waals surface area contributed by atoms with Crippen molar-refractivity contribution in [2.24, 2.45) is 0 Å². The highest BCUT2D eigenvalue weighted by atomic mass is 32.2. The van der Waals surface area contributed by atoms with E-state index in [-0.39, 0.29) is 18.5 Å². The quantitative estimate of drug-likeness (QED) is 0.614. The van der Waals surface area contributed by atoms with E-state index in [1.54, 1.807) is 0 Å². The second kappa shape index (κ2) is 5.84. The molecule has 0 spiro atoms. The average Bonchev–Trinajstić information content (AvgIpc) is 2.16. The summed E-state index contributed by atoms with van der Waals surface area (Å²) in [6.45, 7) is 1.08. The van der Waals surface area contributed by atoms with E-state index in [1.165, 1.54) is 0 Å². The molecule has 1 rings (SSSR count). The molecular weight excluding hydrogens is 186 g/mol. The molecule has 2 N–H and O–H groups in total. The van der Waals surface area contributed by atoms with Crippen LogP contribution in [0.1, 0.15) is 6.42 Å². The zero-order chi connectivity index (χ0) is 9.52. The Bertz CT molecular complexity index is 208. The van der Waals surface area contributed by atoms with Gasteiger partial charge in [-0.15, -0.1) is 0 Å². The minimum Gasteiger partial charge on any atom is -0.343 e. The van der Waals surface area contributed by atoms with E-state index in [1.807, 2.05) is 17.8 Å². The van der Waals surface area contributed by atoms with E-state index in [4.69, 9.17) is 5.26 Å². The predicted molar refractivity (Wildman–Crippen MR) is 52.4 cm³/mol. The van der Waals surface area contributed by atoms with Crippen molar-refractivity contribution in [2.75, 3.05) is 24.6 Å². The fraction of sp³-hybridized carbons (Fsp3) is 0.750. The van der Waals surface area contributed by atoms with Crippen molar-refractivity contribution < 1.29 is 4.79 Å². The topological polar surface area (TPSA) is 64.9 Å². The molecule has 0 aliphatic carbocycles. The first kappa shape index (κ1) is 10.4. The van der Waals surface area contributed by atoms with Crippen molar-refractivity contribution in [3.05, 3.63) is 0 Å². The Labute approximate surface area is 82.1 Å². The molecule has 1 atom stereocenters. The van der Waals surface area contributed by atoms with Gasteiger partial charge in [-0.3, -0.25) is 4.79 Å². The fourth-order valence-electron chi connectivity index (χ4n) is 1.18. The molecule has 1 amide bonds. The van der Waals surface area contributed by atoms with Gasteiger partial charge in [0, 0.05) is 30.5 Å². The predicted octanol–water partition coefficient (Wildman–Crippen LogP) is -0.279. The minimum atomic E-state index is -0.0402. The van der Waals surface area contributed by atoms with Crippen LogP contribution >= 0.6 is 11.8 Å². The largest absolute Gasteiger partial charge is 0.343 e. The first-order chi connectivity index (χ1) is 6.33. The van der Waals surface area contributed by atoms with Gasteiger partial charge in [-0.25, -0.2) is 0 Å². The summed E-state index contributed by atoms with van der Waals surface area (Å²) >= 11 is 1.86. The summed E-state index contributed by atoms with van der Waals surface area (Å²) in [5, 5.41) is 14.0. The van der Waals surface area contributed by atoms with Crippen LogP contribution < -0.4 is 10.6 Å². The van der Waals surface area contributed by atoms with Crippen LogP contribution in [0.2, 0.25) is 0 Å². The molecule has 0 aromatic carbocycles. The summed E-state index contributed by atoms with van der Waals surface area (Å²) < 4.78 is 0. The third-order valence-corrected chi connectivity index (χ3v) is 2.93. The summed E-state index contributed by atoms with van der Waals surface area (Å²) in [4.78, 5) is 11.2. The Morgan fingerprint density at radius 3 is 3.23 bits per heavy atom. The fourth-order valence-corrected chi connectivity index (χ4v) is 2.13. The molecule has 0 radical (unpaired) electrons. The number of carbonyl (C=O) groups is 1. The lowest BCUT2D eigenvalue weighted by Crippen LogP contribution is -2.41. The molecular formula is C8H13N3OS. The van der Waals surface area contributed by atoms with Gasteiger partial charge in [0.25, 0.3) is 0 Å². The maximum atomic E-state index is 11.2. The van der Waals surface area contributed by atoms with Gasteiger partial charge in [0.2, 0.25) is 5.91 Å². The van der Waals surface area contributed by atoms with Crippen molar-refractivity contribution >= 4 is 17.7 Å². The van der Waals surface area contributed by atoms with Crippen LogP contribution in [0, 0.1) is 11.3 Å². The highest BCUT2D eigenvalue weighted by Gasteiger charge is 2.15. The second-order valence-electron chi connectivity index (χ2n) is 2.86. The van der Waals surface area contributed by atoms with Crippen LogP contribution in [0.15, 0.2) is 0 Å². The molecule has 72 valence electrons. The van der Waals surface area contributed by atoms with E-state index in [9.17, 15) is 4.79 Å². The lowest BCUT2D eigenvalue weighted by Gasteiger charge is -2.22. The Balaban J connectivity index is 2.15. The average molecular weight is 199 g/mol. The summed E-state index contributed by atoms with van der Waals surface area (Å²) in [7, 11) is 0. The molecule has 1 aliphatic rings. The Kier molecular flexibility index (Phi) is 4.65. The molecule has 0 aromatic rings. The van der Waals surface area contributed by atoms with Crippen LogP contribution in [0.25, 0.3) is 0 Å². The Morgan fingerprint density at radius 2 is 2.62 bits per heavy atom. The SMILES string of the molecule is N#CCNC(=O)CC1CSCCN1. The van der Waals surface area contributed by atoms with Crippen molar-refractivity contribution in [1.29, 1.82) is 5.26 Å². The minimum absolute atomic E-state index is 0.0402. The molecule has 4 nitrogen and oxygen atoms in total. The molecule has 0 saturated carbocycles. The molecule has 1 unspecified atom stereocenters. The number of thioether (sulfide) groups is 1. The zero-order valence-corrected chi connectivity index (χ0v) is 8.19. The number of nitrogens with one attached hydrogen (secondary N) is 2. The molecule has 0 bridgehead atoms.